The van der Waals surface area contributed by atoms with Crippen LogP contribution in [0.1, 0.15) is 22.9 Å². The third-order valence-electron chi connectivity index (χ3n) is 4.22. The van der Waals surface area contributed by atoms with Crippen molar-refractivity contribution in [3.05, 3.63) is 50.7 Å². The topological polar surface area (TPSA) is 32.3 Å². The summed E-state index contributed by atoms with van der Waals surface area (Å²) in [5.41, 5.74) is 3.16. The lowest BCUT2D eigenvalue weighted by Gasteiger charge is -2.31. The summed E-state index contributed by atoms with van der Waals surface area (Å²) in [5.74, 6) is 0.0176. The summed E-state index contributed by atoms with van der Waals surface area (Å²) in [6, 6.07) is 7.55. The average Bonchev–Trinajstić information content (AvgIpc) is 2.97. The van der Waals surface area contributed by atoms with Gasteiger partial charge in [0.1, 0.15) is 0 Å². The number of carbonyl (C=O) groups is 1. The van der Waals surface area contributed by atoms with Gasteiger partial charge in [-0.05, 0) is 55.0 Å². The molecule has 1 aromatic heterocycles. The summed E-state index contributed by atoms with van der Waals surface area (Å²) < 4.78 is 0. The van der Waals surface area contributed by atoms with Crippen LogP contribution < -0.4 is 5.32 Å². The minimum absolute atomic E-state index is 0.0176. The fourth-order valence-electron chi connectivity index (χ4n) is 2.73. The van der Waals surface area contributed by atoms with Crippen molar-refractivity contribution in [2.75, 3.05) is 11.9 Å². The minimum Gasteiger partial charge on any atom is -0.324 e. The zero-order chi connectivity index (χ0) is 15.7. The van der Waals surface area contributed by atoms with Crippen molar-refractivity contribution in [1.29, 1.82) is 0 Å². The molecule has 5 heteroatoms. The number of anilines is 1. The number of nitrogens with zero attached hydrogens (tertiary/aromatic N) is 1. The molecule has 2 heterocycles. The van der Waals surface area contributed by atoms with Crippen LogP contribution in [0.25, 0.3) is 0 Å². The van der Waals surface area contributed by atoms with Crippen LogP contribution in [0, 0.1) is 6.92 Å². The number of hydrogen-bond donors (Lipinski definition) is 1. The van der Waals surface area contributed by atoms with Gasteiger partial charge in [-0.1, -0.05) is 17.7 Å². The highest BCUT2D eigenvalue weighted by molar-refractivity contribution is 7.10. The van der Waals surface area contributed by atoms with Crippen molar-refractivity contribution in [3.8, 4) is 0 Å². The van der Waals surface area contributed by atoms with Gasteiger partial charge in [0.2, 0.25) is 5.91 Å². The lowest BCUT2D eigenvalue weighted by molar-refractivity contribution is -0.121. The average molecular weight is 335 g/mol. The summed E-state index contributed by atoms with van der Waals surface area (Å²) in [7, 11) is 0. The van der Waals surface area contributed by atoms with Crippen LogP contribution in [0.15, 0.2) is 29.6 Å². The maximum atomic E-state index is 12.5. The van der Waals surface area contributed by atoms with E-state index in [1.165, 1.54) is 10.4 Å². The van der Waals surface area contributed by atoms with E-state index in [4.69, 9.17) is 11.6 Å². The predicted octanol–water partition coefficient (Wildman–Crippen LogP) is 4.10. The van der Waals surface area contributed by atoms with Gasteiger partial charge in [-0.25, -0.2) is 0 Å². The highest BCUT2D eigenvalue weighted by Crippen LogP contribution is 2.26. The molecule has 0 fully saturated rings. The van der Waals surface area contributed by atoms with E-state index in [0.29, 0.717) is 5.02 Å². The Morgan fingerprint density at radius 2 is 2.23 bits per heavy atom. The molecule has 2 aromatic rings. The third kappa shape index (κ3) is 3.19. The molecule has 1 N–H and O–H groups in total. The summed E-state index contributed by atoms with van der Waals surface area (Å²) in [5, 5.41) is 5.77. The van der Waals surface area contributed by atoms with Gasteiger partial charge in [-0.3, -0.25) is 9.69 Å². The molecule has 22 heavy (non-hydrogen) atoms. The Hall–Kier alpha value is -1.36. The van der Waals surface area contributed by atoms with Crippen LogP contribution in [0.4, 0.5) is 5.69 Å². The fraction of sp³-hybridized carbons (Fsp3) is 0.353. The third-order valence-corrected chi connectivity index (χ3v) is 5.48. The summed E-state index contributed by atoms with van der Waals surface area (Å²) in [4.78, 5) is 16.2. The van der Waals surface area contributed by atoms with Crippen LogP contribution in [-0.4, -0.2) is 23.4 Å². The van der Waals surface area contributed by atoms with Gasteiger partial charge in [0.15, 0.2) is 0 Å². The Labute approximate surface area is 139 Å². The number of thiophene rings is 1. The van der Waals surface area contributed by atoms with E-state index in [2.05, 4.69) is 21.7 Å². The predicted molar refractivity (Wildman–Crippen MR) is 92.7 cm³/mol. The summed E-state index contributed by atoms with van der Waals surface area (Å²) >= 11 is 7.82. The first kappa shape index (κ1) is 15.5. The zero-order valence-corrected chi connectivity index (χ0v) is 14.3. The van der Waals surface area contributed by atoms with Crippen LogP contribution in [-0.2, 0) is 17.8 Å². The van der Waals surface area contributed by atoms with Gasteiger partial charge in [-0.15, -0.1) is 11.3 Å². The van der Waals surface area contributed by atoms with Gasteiger partial charge in [0, 0.05) is 28.7 Å². The first-order valence-electron chi connectivity index (χ1n) is 7.41. The first-order chi connectivity index (χ1) is 10.5. The quantitative estimate of drug-likeness (QED) is 0.916. The number of fused-ring (bicyclic) bond motifs is 1. The van der Waals surface area contributed by atoms with E-state index in [0.717, 1.165) is 30.8 Å². The zero-order valence-electron chi connectivity index (χ0n) is 12.7. The van der Waals surface area contributed by atoms with Crippen molar-refractivity contribution in [2.45, 2.75) is 32.9 Å². The highest BCUT2D eigenvalue weighted by Gasteiger charge is 2.26. The number of benzene rings is 1. The number of aryl methyl sites for hydroxylation is 1. The molecule has 1 atom stereocenters. The summed E-state index contributed by atoms with van der Waals surface area (Å²) in [6.07, 6.45) is 1.03. The van der Waals surface area contributed by atoms with Gasteiger partial charge in [0.25, 0.3) is 0 Å². The Kier molecular flexibility index (Phi) is 4.52. The molecule has 1 amide bonds. The number of carbonyl (C=O) groups excluding carboxylic acids is 1. The maximum Gasteiger partial charge on any atom is 0.241 e. The molecule has 3 rings (SSSR count). The Morgan fingerprint density at radius 3 is 3.05 bits per heavy atom. The molecule has 116 valence electrons. The highest BCUT2D eigenvalue weighted by atomic mass is 35.5. The molecule has 0 saturated carbocycles. The molecule has 1 aliphatic rings. The van der Waals surface area contributed by atoms with Crippen LogP contribution in [0.5, 0.6) is 0 Å². The Morgan fingerprint density at radius 1 is 1.41 bits per heavy atom. The van der Waals surface area contributed by atoms with Gasteiger partial charge < -0.3 is 5.32 Å². The maximum absolute atomic E-state index is 12.5. The lowest BCUT2D eigenvalue weighted by Crippen LogP contribution is -2.44. The van der Waals surface area contributed by atoms with Crippen molar-refractivity contribution in [3.63, 3.8) is 0 Å². The molecule has 0 saturated heterocycles. The second-order valence-electron chi connectivity index (χ2n) is 5.71. The molecular weight excluding hydrogens is 316 g/mol. The lowest BCUT2D eigenvalue weighted by atomic mass is 10.1. The van der Waals surface area contributed by atoms with Gasteiger partial charge in [-0.2, -0.15) is 0 Å². The standard InChI is InChI=1S/C17H19ClN2OS/c1-11-3-4-14(18)9-15(11)19-17(21)12(2)20-7-5-16-13(10-20)6-8-22-16/h3-4,6,8-9,12H,5,7,10H2,1-2H3,(H,19,21)/t12-/m0/s1. The van der Waals surface area contributed by atoms with E-state index in [1.807, 2.05) is 37.3 Å². The largest absolute Gasteiger partial charge is 0.324 e. The number of hydrogen-bond acceptors (Lipinski definition) is 3. The van der Waals surface area contributed by atoms with Crippen LogP contribution >= 0.6 is 22.9 Å². The van der Waals surface area contributed by atoms with Gasteiger partial charge in [0.05, 0.1) is 6.04 Å². The molecule has 0 spiro atoms. The van der Waals surface area contributed by atoms with E-state index in [9.17, 15) is 4.79 Å². The molecule has 0 unspecified atom stereocenters. The molecule has 0 bridgehead atoms. The van der Waals surface area contributed by atoms with Crippen molar-refractivity contribution in [1.82, 2.24) is 4.90 Å². The minimum atomic E-state index is -0.161. The molecule has 0 aliphatic carbocycles. The van der Waals surface area contributed by atoms with Crippen molar-refractivity contribution in [2.24, 2.45) is 0 Å². The second kappa shape index (κ2) is 6.41. The monoisotopic (exact) mass is 334 g/mol. The molecule has 1 aliphatic heterocycles. The number of halogens is 1. The Bertz CT molecular complexity index is 698. The van der Waals surface area contributed by atoms with Crippen LogP contribution in [0.3, 0.4) is 0 Å². The summed E-state index contributed by atoms with van der Waals surface area (Å²) in [6.45, 7) is 5.71. The Balaban J connectivity index is 1.69. The molecule has 0 radical (unpaired) electrons. The molecule has 3 nitrogen and oxygen atoms in total. The van der Waals surface area contributed by atoms with E-state index < -0.39 is 0 Å². The van der Waals surface area contributed by atoms with E-state index in [1.54, 1.807) is 6.07 Å². The normalized spacial score (nSPS) is 16.1. The molecule has 1 aromatic carbocycles. The van der Waals surface area contributed by atoms with E-state index in [-0.39, 0.29) is 11.9 Å². The number of nitrogens with one attached hydrogen (secondary N) is 1. The van der Waals surface area contributed by atoms with E-state index >= 15 is 0 Å². The number of rotatable bonds is 3. The molecular formula is C17H19ClN2OS. The van der Waals surface area contributed by atoms with Crippen molar-refractivity contribution >= 4 is 34.5 Å². The second-order valence-corrected chi connectivity index (χ2v) is 7.15. The SMILES string of the molecule is Cc1ccc(Cl)cc1NC(=O)[C@H](C)N1CCc2sccc2C1. The van der Waals surface area contributed by atoms with Crippen molar-refractivity contribution < 1.29 is 4.79 Å². The van der Waals surface area contributed by atoms with Gasteiger partial charge >= 0.3 is 0 Å². The smallest absolute Gasteiger partial charge is 0.241 e. The fourth-order valence-corrected chi connectivity index (χ4v) is 3.79. The van der Waals surface area contributed by atoms with Crippen LogP contribution in [0.2, 0.25) is 5.02 Å². The number of amides is 1. The first-order valence-corrected chi connectivity index (χ1v) is 8.66.